The van der Waals surface area contributed by atoms with Crippen molar-refractivity contribution in [3.63, 3.8) is 0 Å². The van der Waals surface area contributed by atoms with Crippen LogP contribution in [0.4, 0.5) is 0 Å². The standard InChI is InChI=1S/C20H20N2O2S/c1-4-13-22-18-8-6-5-7-17(18)21-20(22)25-14(2)19(23)15-9-11-16(24-3)12-10-15/h4-12,14H,1,13H2,2-3H3. The van der Waals surface area contributed by atoms with Crippen molar-refractivity contribution in [3.8, 4) is 5.75 Å². The maximum Gasteiger partial charge on any atom is 0.175 e. The highest BCUT2D eigenvalue weighted by Gasteiger charge is 2.20. The van der Waals surface area contributed by atoms with E-state index in [4.69, 9.17) is 4.74 Å². The van der Waals surface area contributed by atoms with Crippen molar-refractivity contribution >= 4 is 28.6 Å². The van der Waals surface area contributed by atoms with Gasteiger partial charge in [0, 0.05) is 12.1 Å². The van der Waals surface area contributed by atoms with Crippen molar-refractivity contribution in [1.29, 1.82) is 0 Å². The van der Waals surface area contributed by atoms with E-state index in [1.165, 1.54) is 11.8 Å². The minimum atomic E-state index is -0.242. The molecule has 0 radical (unpaired) electrons. The third kappa shape index (κ3) is 3.61. The van der Waals surface area contributed by atoms with Crippen LogP contribution in [0.15, 0.2) is 66.3 Å². The zero-order valence-electron chi connectivity index (χ0n) is 14.3. The Labute approximate surface area is 151 Å². The predicted octanol–water partition coefficient (Wildman–Crippen LogP) is 4.59. The van der Waals surface area contributed by atoms with Gasteiger partial charge >= 0.3 is 0 Å². The van der Waals surface area contributed by atoms with Crippen LogP contribution in [-0.4, -0.2) is 27.7 Å². The molecule has 3 aromatic rings. The summed E-state index contributed by atoms with van der Waals surface area (Å²) in [7, 11) is 1.61. The molecule has 0 saturated heterocycles. The number of allylic oxidation sites excluding steroid dienone is 1. The minimum Gasteiger partial charge on any atom is -0.497 e. The molecule has 5 heteroatoms. The molecule has 0 bridgehead atoms. The van der Waals surface area contributed by atoms with Gasteiger partial charge in [0.1, 0.15) is 5.75 Å². The van der Waals surface area contributed by atoms with E-state index in [1.54, 1.807) is 31.4 Å². The molecule has 1 unspecified atom stereocenters. The summed E-state index contributed by atoms with van der Waals surface area (Å²) >= 11 is 1.47. The van der Waals surface area contributed by atoms with Gasteiger partial charge in [-0.05, 0) is 43.3 Å². The van der Waals surface area contributed by atoms with E-state index in [-0.39, 0.29) is 11.0 Å². The molecule has 1 aromatic heterocycles. The lowest BCUT2D eigenvalue weighted by Gasteiger charge is -2.12. The molecule has 0 aliphatic rings. The predicted molar refractivity (Wildman–Crippen MR) is 103 cm³/mol. The van der Waals surface area contributed by atoms with E-state index in [0.717, 1.165) is 21.9 Å². The second kappa shape index (κ2) is 7.57. The Morgan fingerprint density at radius 2 is 2.00 bits per heavy atom. The number of methoxy groups -OCH3 is 1. The summed E-state index contributed by atoms with van der Waals surface area (Å²) in [6, 6.07) is 15.2. The van der Waals surface area contributed by atoms with Gasteiger partial charge in [0.15, 0.2) is 10.9 Å². The summed E-state index contributed by atoms with van der Waals surface area (Å²) in [5.41, 5.74) is 2.65. The third-order valence-electron chi connectivity index (χ3n) is 3.96. The molecule has 2 aromatic carbocycles. The van der Waals surface area contributed by atoms with Crippen molar-refractivity contribution in [3.05, 3.63) is 66.7 Å². The first-order valence-electron chi connectivity index (χ1n) is 8.05. The number of aromatic nitrogens is 2. The van der Waals surface area contributed by atoms with E-state index in [2.05, 4.69) is 16.1 Å². The number of rotatable bonds is 7. The average molecular weight is 352 g/mol. The smallest absolute Gasteiger partial charge is 0.175 e. The van der Waals surface area contributed by atoms with Crippen LogP contribution < -0.4 is 4.74 Å². The molecule has 4 nitrogen and oxygen atoms in total. The van der Waals surface area contributed by atoms with Gasteiger partial charge in [-0.2, -0.15) is 0 Å². The summed E-state index contributed by atoms with van der Waals surface area (Å²) in [5.74, 6) is 0.814. The Morgan fingerprint density at radius 1 is 1.28 bits per heavy atom. The average Bonchev–Trinajstić information content (AvgIpc) is 2.99. The number of thioether (sulfide) groups is 1. The second-order valence-electron chi connectivity index (χ2n) is 5.64. The molecule has 1 atom stereocenters. The van der Waals surface area contributed by atoms with Gasteiger partial charge < -0.3 is 9.30 Å². The van der Waals surface area contributed by atoms with Gasteiger partial charge in [0.05, 0.1) is 23.4 Å². The maximum absolute atomic E-state index is 12.7. The van der Waals surface area contributed by atoms with Crippen LogP contribution in [0.25, 0.3) is 11.0 Å². The van der Waals surface area contributed by atoms with Crippen molar-refractivity contribution in [1.82, 2.24) is 9.55 Å². The molecule has 0 N–H and O–H groups in total. The van der Waals surface area contributed by atoms with Gasteiger partial charge in [-0.3, -0.25) is 4.79 Å². The largest absolute Gasteiger partial charge is 0.497 e. The Morgan fingerprint density at radius 3 is 2.68 bits per heavy atom. The van der Waals surface area contributed by atoms with Gasteiger partial charge in [-0.25, -0.2) is 4.98 Å². The SMILES string of the molecule is C=CCn1c(SC(C)C(=O)c2ccc(OC)cc2)nc2ccccc21. The number of nitrogens with zero attached hydrogens (tertiary/aromatic N) is 2. The quantitative estimate of drug-likeness (QED) is 0.354. The van der Waals surface area contributed by atoms with E-state index < -0.39 is 0 Å². The topological polar surface area (TPSA) is 44.1 Å². The van der Waals surface area contributed by atoms with Crippen molar-refractivity contribution in [2.45, 2.75) is 23.9 Å². The minimum absolute atomic E-state index is 0.0739. The zero-order chi connectivity index (χ0) is 17.8. The molecule has 1 heterocycles. The number of para-hydroxylation sites is 2. The van der Waals surface area contributed by atoms with Gasteiger partial charge in [0.25, 0.3) is 0 Å². The molecular formula is C20H20N2O2S. The molecule has 3 rings (SSSR count). The lowest BCUT2D eigenvalue weighted by molar-refractivity contribution is 0.0994. The van der Waals surface area contributed by atoms with Crippen molar-refractivity contribution in [2.75, 3.05) is 7.11 Å². The van der Waals surface area contributed by atoms with Crippen molar-refractivity contribution < 1.29 is 9.53 Å². The van der Waals surface area contributed by atoms with Crippen LogP contribution in [0.5, 0.6) is 5.75 Å². The summed E-state index contributed by atoms with van der Waals surface area (Å²) in [6.07, 6.45) is 1.84. The third-order valence-corrected chi connectivity index (χ3v) is 5.05. The van der Waals surface area contributed by atoms with Gasteiger partial charge in [-0.15, -0.1) is 6.58 Å². The van der Waals surface area contributed by atoms with Crippen molar-refractivity contribution in [2.24, 2.45) is 0 Å². The van der Waals surface area contributed by atoms with E-state index in [9.17, 15) is 4.79 Å². The van der Waals surface area contributed by atoms with Crippen LogP contribution in [0.1, 0.15) is 17.3 Å². The lowest BCUT2D eigenvalue weighted by atomic mass is 10.1. The number of benzene rings is 2. The Balaban J connectivity index is 1.85. The number of imidazole rings is 1. The number of carbonyl (C=O) groups is 1. The molecule has 0 fully saturated rings. The van der Waals surface area contributed by atoms with Gasteiger partial charge in [0.2, 0.25) is 0 Å². The number of hydrogen-bond acceptors (Lipinski definition) is 4. The lowest BCUT2D eigenvalue weighted by Crippen LogP contribution is -2.14. The first-order valence-corrected chi connectivity index (χ1v) is 8.93. The highest BCUT2D eigenvalue weighted by atomic mass is 32.2. The maximum atomic E-state index is 12.7. The Kier molecular flexibility index (Phi) is 5.24. The summed E-state index contributed by atoms with van der Waals surface area (Å²) < 4.78 is 7.23. The van der Waals surface area contributed by atoms with Crippen LogP contribution in [0.3, 0.4) is 0 Å². The zero-order valence-corrected chi connectivity index (χ0v) is 15.1. The summed E-state index contributed by atoms with van der Waals surface area (Å²) in [6.45, 7) is 6.40. The highest BCUT2D eigenvalue weighted by Crippen LogP contribution is 2.29. The fourth-order valence-corrected chi connectivity index (χ4v) is 3.66. The Bertz CT molecular complexity index is 900. The van der Waals surface area contributed by atoms with Crippen LogP contribution in [0.2, 0.25) is 0 Å². The van der Waals surface area contributed by atoms with E-state index in [1.807, 2.05) is 37.3 Å². The van der Waals surface area contributed by atoms with E-state index in [0.29, 0.717) is 12.1 Å². The van der Waals surface area contributed by atoms with Gasteiger partial charge in [-0.1, -0.05) is 30.0 Å². The summed E-state index contributed by atoms with van der Waals surface area (Å²) in [5, 5.41) is 0.587. The normalized spacial score (nSPS) is 12.1. The fourth-order valence-electron chi connectivity index (χ4n) is 2.65. The molecule has 0 aliphatic heterocycles. The number of hydrogen-bond donors (Lipinski definition) is 0. The molecular weight excluding hydrogens is 332 g/mol. The van der Waals surface area contributed by atoms with E-state index >= 15 is 0 Å². The number of Topliss-reactive ketones (excluding diaryl/α,β-unsaturated/α-hetero) is 1. The first-order chi connectivity index (χ1) is 12.1. The molecule has 25 heavy (non-hydrogen) atoms. The molecule has 0 saturated carbocycles. The van der Waals surface area contributed by atoms with Crippen LogP contribution in [0, 0.1) is 0 Å². The van der Waals surface area contributed by atoms with Crippen LogP contribution >= 0.6 is 11.8 Å². The number of carbonyl (C=O) groups excluding carboxylic acids is 1. The monoisotopic (exact) mass is 352 g/mol. The summed E-state index contributed by atoms with van der Waals surface area (Å²) in [4.78, 5) is 17.4. The van der Waals surface area contributed by atoms with Crippen LogP contribution in [-0.2, 0) is 6.54 Å². The number of ether oxygens (including phenoxy) is 1. The molecule has 0 aliphatic carbocycles. The second-order valence-corrected chi connectivity index (χ2v) is 6.94. The fraction of sp³-hybridized carbons (Fsp3) is 0.200. The number of fused-ring (bicyclic) bond motifs is 1. The molecule has 128 valence electrons. The molecule has 0 amide bonds. The highest BCUT2D eigenvalue weighted by molar-refractivity contribution is 8.00. The number of ketones is 1. The first kappa shape index (κ1) is 17.3. The molecule has 0 spiro atoms. The Hall–Kier alpha value is -2.53.